The summed E-state index contributed by atoms with van der Waals surface area (Å²) in [5.41, 5.74) is 0.970. The molecule has 1 aromatic carbocycles. The van der Waals surface area contributed by atoms with Gasteiger partial charge in [-0.1, -0.05) is 0 Å². The number of benzene rings is 1. The summed E-state index contributed by atoms with van der Waals surface area (Å²) >= 11 is 0. The smallest absolute Gasteiger partial charge is 0.228 e. The molecule has 2 aromatic rings. The second-order valence-corrected chi connectivity index (χ2v) is 5.43. The van der Waals surface area contributed by atoms with Crippen LogP contribution in [-0.4, -0.2) is 40.4 Å². The zero-order valence-corrected chi connectivity index (χ0v) is 12.7. The Morgan fingerprint density at radius 1 is 1.19 bits per heavy atom. The van der Waals surface area contributed by atoms with E-state index < -0.39 is 0 Å². The lowest BCUT2D eigenvalue weighted by molar-refractivity contribution is 0.300. The molecular formula is C15H21N5O. The Morgan fingerprint density at radius 3 is 2.57 bits per heavy atom. The third-order valence-corrected chi connectivity index (χ3v) is 4.07. The summed E-state index contributed by atoms with van der Waals surface area (Å²) in [5.74, 6) is 2.62. The SMILES string of the molecule is COc1ccc(Nc2nnc(C3CCCN3C)n2C)cc1. The van der Waals surface area contributed by atoms with E-state index in [0.717, 1.165) is 36.2 Å². The van der Waals surface area contributed by atoms with Gasteiger partial charge in [-0.2, -0.15) is 0 Å². The standard InChI is InChI=1S/C15H21N5O/c1-19-10-4-5-13(19)14-17-18-15(20(14)2)16-11-6-8-12(21-3)9-7-11/h6-9,13H,4-5,10H2,1-3H3,(H,16,18). The van der Waals surface area contributed by atoms with Crippen LogP contribution in [0, 0.1) is 0 Å². The first-order chi connectivity index (χ1) is 10.2. The van der Waals surface area contributed by atoms with Crippen LogP contribution >= 0.6 is 0 Å². The molecule has 0 amide bonds. The molecule has 1 saturated heterocycles. The maximum Gasteiger partial charge on any atom is 0.228 e. The van der Waals surface area contributed by atoms with Gasteiger partial charge in [-0.15, -0.1) is 10.2 Å². The molecule has 2 heterocycles. The van der Waals surface area contributed by atoms with Crippen molar-refractivity contribution in [3.63, 3.8) is 0 Å². The van der Waals surface area contributed by atoms with Gasteiger partial charge in [0.05, 0.1) is 13.2 Å². The highest BCUT2D eigenvalue weighted by atomic mass is 16.5. The average Bonchev–Trinajstić information content (AvgIpc) is 3.07. The topological polar surface area (TPSA) is 55.2 Å². The van der Waals surface area contributed by atoms with Gasteiger partial charge in [0.1, 0.15) is 5.75 Å². The lowest BCUT2D eigenvalue weighted by Gasteiger charge is -2.18. The third kappa shape index (κ3) is 2.71. The van der Waals surface area contributed by atoms with Gasteiger partial charge in [-0.25, -0.2) is 0 Å². The molecule has 0 bridgehead atoms. The molecule has 3 rings (SSSR count). The van der Waals surface area contributed by atoms with Crippen LogP contribution in [0.15, 0.2) is 24.3 Å². The Kier molecular flexibility index (Phi) is 3.79. The molecule has 112 valence electrons. The van der Waals surface area contributed by atoms with Gasteiger partial charge in [-0.05, 0) is 50.7 Å². The molecule has 1 atom stereocenters. The summed E-state index contributed by atoms with van der Waals surface area (Å²) in [5, 5.41) is 11.9. The normalized spacial score (nSPS) is 18.9. The van der Waals surface area contributed by atoms with Crippen LogP contribution in [0.25, 0.3) is 0 Å². The fourth-order valence-corrected chi connectivity index (χ4v) is 2.78. The summed E-state index contributed by atoms with van der Waals surface area (Å²) in [6, 6.07) is 8.15. The van der Waals surface area contributed by atoms with Crippen molar-refractivity contribution >= 4 is 11.6 Å². The molecule has 6 heteroatoms. The molecule has 6 nitrogen and oxygen atoms in total. The number of likely N-dealkylation sites (tertiary alicyclic amines) is 1. The van der Waals surface area contributed by atoms with Gasteiger partial charge in [-0.3, -0.25) is 9.47 Å². The molecule has 1 fully saturated rings. The second kappa shape index (κ2) is 5.73. The predicted octanol–water partition coefficient (Wildman–Crippen LogP) is 2.33. The molecule has 21 heavy (non-hydrogen) atoms. The van der Waals surface area contributed by atoms with E-state index in [0.29, 0.717) is 6.04 Å². The summed E-state index contributed by atoms with van der Waals surface area (Å²) in [7, 11) is 5.81. The van der Waals surface area contributed by atoms with E-state index in [4.69, 9.17) is 4.74 Å². The minimum absolute atomic E-state index is 0.369. The maximum absolute atomic E-state index is 5.16. The molecule has 1 aliphatic rings. The minimum Gasteiger partial charge on any atom is -0.497 e. The fourth-order valence-electron chi connectivity index (χ4n) is 2.78. The van der Waals surface area contributed by atoms with Crippen molar-refractivity contribution in [3.05, 3.63) is 30.1 Å². The van der Waals surface area contributed by atoms with Crippen molar-refractivity contribution in [2.75, 3.05) is 26.0 Å². The average molecular weight is 287 g/mol. The monoisotopic (exact) mass is 287 g/mol. The van der Waals surface area contributed by atoms with Crippen LogP contribution in [0.1, 0.15) is 24.7 Å². The summed E-state index contributed by atoms with van der Waals surface area (Å²) in [6.45, 7) is 1.12. The van der Waals surface area contributed by atoms with Crippen LogP contribution in [0.3, 0.4) is 0 Å². The van der Waals surface area contributed by atoms with E-state index in [-0.39, 0.29) is 0 Å². The van der Waals surface area contributed by atoms with Crippen molar-refractivity contribution in [1.82, 2.24) is 19.7 Å². The number of hydrogen-bond acceptors (Lipinski definition) is 5. The zero-order valence-electron chi connectivity index (χ0n) is 12.7. The fraction of sp³-hybridized carbons (Fsp3) is 0.467. The molecule has 1 N–H and O–H groups in total. The zero-order chi connectivity index (χ0) is 14.8. The van der Waals surface area contributed by atoms with Gasteiger partial charge < -0.3 is 10.1 Å². The number of ether oxygens (including phenoxy) is 1. The van der Waals surface area contributed by atoms with Gasteiger partial charge in [0.25, 0.3) is 0 Å². The summed E-state index contributed by atoms with van der Waals surface area (Å²) < 4.78 is 7.20. The van der Waals surface area contributed by atoms with Gasteiger partial charge in [0.15, 0.2) is 5.82 Å². The number of aromatic nitrogens is 3. The van der Waals surface area contributed by atoms with Crippen LogP contribution in [0.5, 0.6) is 5.75 Å². The van der Waals surface area contributed by atoms with E-state index in [1.54, 1.807) is 7.11 Å². The lowest BCUT2D eigenvalue weighted by atomic mass is 10.2. The molecule has 0 aliphatic carbocycles. The maximum atomic E-state index is 5.16. The molecule has 0 saturated carbocycles. The van der Waals surface area contributed by atoms with Crippen LogP contribution in [0.4, 0.5) is 11.6 Å². The van der Waals surface area contributed by atoms with Gasteiger partial charge in [0.2, 0.25) is 5.95 Å². The number of rotatable bonds is 4. The number of anilines is 2. The molecule has 1 aliphatic heterocycles. The number of nitrogens with zero attached hydrogens (tertiary/aromatic N) is 4. The van der Waals surface area contributed by atoms with E-state index in [2.05, 4.69) is 27.5 Å². The first-order valence-electron chi connectivity index (χ1n) is 7.19. The van der Waals surface area contributed by atoms with Crippen LogP contribution in [0.2, 0.25) is 0 Å². The Morgan fingerprint density at radius 2 is 1.95 bits per heavy atom. The lowest BCUT2D eigenvalue weighted by Crippen LogP contribution is -2.20. The Balaban J connectivity index is 1.78. The minimum atomic E-state index is 0.369. The first kappa shape index (κ1) is 13.9. The van der Waals surface area contributed by atoms with Gasteiger partial charge in [0, 0.05) is 12.7 Å². The van der Waals surface area contributed by atoms with Gasteiger partial charge >= 0.3 is 0 Å². The molecule has 0 radical (unpaired) electrons. The molecule has 0 spiro atoms. The van der Waals surface area contributed by atoms with Crippen molar-refractivity contribution in [2.45, 2.75) is 18.9 Å². The van der Waals surface area contributed by atoms with E-state index in [1.807, 2.05) is 35.9 Å². The van der Waals surface area contributed by atoms with Crippen molar-refractivity contribution in [3.8, 4) is 5.75 Å². The van der Waals surface area contributed by atoms with Crippen molar-refractivity contribution in [1.29, 1.82) is 0 Å². The number of hydrogen-bond donors (Lipinski definition) is 1. The van der Waals surface area contributed by atoms with E-state index in [1.165, 1.54) is 6.42 Å². The number of methoxy groups -OCH3 is 1. The summed E-state index contributed by atoms with van der Waals surface area (Å²) in [6.07, 6.45) is 2.36. The molecule has 1 unspecified atom stereocenters. The Hall–Kier alpha value is -2.08. The van der Waals surface area contributed by atoms with E-state index >= 15 is 0 Å². The highest BCUT2D eigenvalue weighted by molar-refractivity contribution is 5.54. The van der Waals surface area contributed by atoms with Crippen LogP contribution in [-0.2, 0) is 7.05 Å². The quantitative estimate of drug-likeness (QED) is 0.935. The van der Waals surface area contributed by atoms with E-state index in [9.17, 15) is 0 Å². The summed E-state index contributed by atoms with van der Waals surface area (Å²) in [4.78, 5) is 2.33. The highest BCUT2D eigenvalue weighted by Crippen LogP contribution is 2.30. The number of nitrogens with one attached hydrogen (secondary N) is 1. The van der Waals surface area contributed by atoms with Crippen molar-refractivity contribution in [2.24, 2.45) is 7.05 Å². The Bertz CT molecular complexity index is 607. The Labute approximate surface area is 124 Å². The van der Waals surface area contributed by atoms with Crippen molar-refractivity contribution < 1.29 is 4.74 Å². The predicted molar refractivity (Wildman–Crippen MR) is 81.9 cm³/mol. The molecular weight excluding hydrogens is 266 g/mol. The van der Waals surface area contributed by atoms with Crippen LogP contribution < -0.4 is 10.1 Å². The molecule has 1 aromatic heterocycles. The largest absolute Gasteiger partial charge is 0.497 e. The first-order valence-corrected chi connectivity index (χ1v) is 7.19. The highest BCUT2D eigenvalue weighted by Gasteiger charge is 2.27. The third-order valence-electron chi connectivity index (χ3n) is 4.07. The second-order valence-electron chi connectivity index (χ2n) is 5.43.